The SMILES string of the molecule is CCC(C)C(=O)Oc1cccc(I)c1. The van der Waals surface area contributed by atoms with Crippen molar-refractivity contribution in [1.82, 2.24) is 0 Å². The van der Waals surface area contributed by atoms with Crippen LogP contribution in [-0.2, 0) is 4.79 Å². The maximum absolute atomic E-state index is 11.4. The van der Waals surface area contributed by atoms with E-state index in [2.05, 4.69) is 22.6 Å². The van der Waals surface area contributed by atoms with Crippen LogP contribution in [0.15, 0.2) is 24.3 Å². The summed E-state index contributed by atoms with van der Waals surface area (Å²) >= 11 is 2.19. The van der Waals surface area contributed by atoms with E-state index in [1.807, 2.05) is 32.0 Å². The first-order chi connectivity index (χ1) is 6.63. The van der Waals surface area contributed by atoms with Crippen LogP contribution in [0.2, 0.25) is 0 Å². The Bertz CT molecular complexity index is 323. The van der Waals surface area contributed by atoms with E-state index in [0.717, 1.165) is 9.99 Å². The largest absolute Gasteiger partial charge is 0.426 e. The number of hydrogen-bond acceptors (Lipinski definition) is 2. The third-order valence-electron chi connectivity index (χ3n) is 2.03. The molecule has 0 saturated carbocycles. The molecule has 0 aliphatic heterocycles. The van der Waals surface area contributed by atoms with E-state index >= 15 is 0 Å². The zero-order chi connectivity index (χ0) is 10.6. The zero-order valence-corrected chi connectivity index (χ0v) is 10.4. The van der Waals surface area contributed by atoms with Crippen molar-refractivity contribution >= 4 is 28.6 Å². The predicted molar refractivity (Wildman–Crippen MR) is 64.2 cm³/mol. The Morgan fingerprint density at radius 3 is 2.86 bits per heavy atom. The molecule has 1 rings (SSSR count). The molecule has 0 N–H and O–H groups in total. The van der Waals surface area contributed by atoms with Crippen LogP contribution in [-0.4, -0.2) is 5.97 Å². The molecule has 0 aromatic heterocycles. The Labute approximate surface area is 97.8 Å². The summed E-state index contributed by atoms with van der Waals surface area (Å²) in [6.45, 7) is 3.84. The van der Waals surface area contributed by atoms with Crippen molar-refractivity contribution in [1.29, 1.82) is 0 Å². The topological polar surface area (TPSA) is 26.3 Å². The first kappa shape index (κ1) is 11.5. The third kappa shape index (κ3) is 3.29. The van der Waals surface area contributed by atoms with E-state index < -0.39 is 0 Å². The summed E-state index contributed by atoms with van der Waals surface area (Å²) in [6, 6.07) is 7.48. The van der Waals surface area contributed by atoms with Gasteiger partial charge < -0.3 is 4.74 Å². The molecule has 2 nitrogen and oxygen atoms in total. The fourth-order valence-corrected chi connectivity index (χ4v) is 1.43. The molecule has 0 aliphatic rings. The van der Waals surface area contributed by atoms with E-state index in [0.29, 0.717) is 5.75 Å². The quantitative estimate of drug-likeness (QED) is 0.487. The first-order valence-electron chi connectivity index (χ1n) is 4.60. The summed E-state index contributed by atoms with van der Waals surface area (Å²) in [6.07, 6.45) is 0.808. The highest BCUT2D eigenvalue weighted by atomic mass is 127. The van der Waals surface area contributed by atoms with Gasteiger partial charge in [0.2, 0.25) is 0 Å². The van der Waals surface area contributed by atoms with Gasteiger partial charge in [-0.2, -0.15) is 0 Å². The van der Waals surface area contributed by atoms with E-state index in [-0.39, 0.29) is 11.9 Å². The number of carbonyl (C=O) groups excluding carboxylic acids is 1. The highest BCUT2D eigenvalue weighted by Crippen LogP contribution is 2.16. The van der Waals surface area contributed by atoms with Crippen molar-refractivity contribution in [3.63, 3.8) is 0 Å². The summed E-state index contributed by atoms with van der Waals surface area (Å²) in [4.78, 5) is 11.4. The monoisotopic (exact) mass is 304 g/mol. The second kappa shape index (κ2) is 5.34. The number of benzene rings is 1. The number of carbonyl (C=O) groups is 1. The molecule has 0 fully saturated rings. The van der Waals surface area contributed by atoms with Crippen molar-refractivity contribution in [2.24, 2.45) is 5.92 Å². The van der Waals surface area contributed by atoms with Crippen LogP contribution in [0.3, 0.4) is 0 Å². The minimum absolute atomic E-state index is 0.0344. The Kier molecular flexibility index (Phi) is 4.38. The average molecular weight is 304 g/mol. The number of ether oxygens (including phenoxy) is 1. The molecule has 1 atom stereocenters. The highest BCUT2D eigenvalue weighted by molar-refractivity contribution is 14.1. The van der Waals surface area contributed by atoms with Crippen LogP contribution >= 0.6 is 22.6 Å². The standard InChI is InChI=1S/C11H13IO2/c1-3-8(2)11(13)14-10-6-4-5-9(12)7-10/h4-8H,3H2,1-2H3. The van der Waals surface area contributed by atoms with E-state index in [4.69, 9.17) is 4.74 Å². The van der Waals surface area contributed by atoms with Crippen molar-refractivity contribution < 1.29 is 9.53 Å². The first-order valence-corrected chi connectivity index (χ1v) is 5.68. The van der Waals surface area contributed by atoms with Gasteiger partial charge >= 0.3 is 5.97 Å². The fraction of sp³-hybridized carbons (Fsp3) is 0.364. The molecule has 0 aliphatic carbocycles. The van der Waals surface area contributed by atoms with Crippen LogP contribution in [0, 0.1) is 9.49 Å². The van der Waals surface area contributed by atoms with Gasteiger partial charge in [-0.3, -0.25) is 4.79 Å². The van der Waals surface area contributed by atoms with Gasteiger partial charge in [-0.05, 0) is 47.2 Å². The lowest BCUT2D eigenvalue weighted by atomic mass is 10.1. The second-order valence-corrected chi connectivity index (χ2v) is 4.43. The molecule has 1 aromatic carbocycles. The molecule has 0 heterocycles. The van der Waals surface area contributed by atoms with Gasteiger partial charge in [0.25, 0.3) is 0 Å². The molecule has 76 valence electrons. The van der Waals surface area contributed by atoms with Gasteiger partial charge in [-0.15, -0.1) is 0 Å². The summed E-state index contributed by atoms with van der Waals surface area (Å²) in [5.74, 6) is 0.435. The molecule has 1 unspecified atom stereocenters. The summed E-state index contributed by atoms with van der Waals surface area (Å²) < 4.78 is 6.27. The van der Waals surface area contributed by atoms with Gasteiger partial charge in [-0.25, -0.2) is 0 Å². The summed E-state index contributed by atoms with van der Waals surface area (Å²) in [5, 5.41) is 0. The Hall–Kier alpha value is -0.580. The van der Waals surface area contributed by atoms with Gasteiger partial charge in [0.1, 0.15) is 5.75 Å². The summed E-state index contributed by atoms with van der Waals surface area (Å²) in [7, 11) is 0. The minimum atomic E-state index is -0.158. The van der Waals surface area contributed by atoms with Gasteiger partial charge in [0.15, 0.2) is 0 Å². The van der Waals surface area contributed by atoms with E-state index in [9.17, 15) is 4.79 Å². The zero-order valence-electron chi connectivity index (χ0n) is 8.29. The predicted octanol–water partition coefficient (Wildman–Crippen LogP) is 3.24. The van der Waals surface area contributed by atoms with Gasteiger partial charge in [0.05, 0.1) is 5.92 Å². The number of hydrogen-bond donors (Lipinski definition) is 0. The van der Waals surface area contributed by atoms with E-state index in [1.54, 1.807) is 6.07 Å². The minimum Gasteiger partial charge on any atom is -0.426 e. The highest BCUT2D eigenvalue weighted by Gasteiger charge is 2.12. The number of halogens is 1. The maximum atomic E-state index is 11.4. The van der Waals surface area contributed by atoms with Gasteiger partial charge in [-0.1, -0.05) is 19.9 Å². The molecular weight excluding hydrogens is 291 g/mol. The molecule has 1 aromatic rings. The van der Waals surface area contributed by atoms with Crippen LogP contribution in [0.25, 0.3) is 0 Å². The molecule has 0 amide bonds. The van der Waals surface area contributed by atoms with Crippen LogP contribution in [0.4, 0.5) is 0 Å². The molecule has 14 heavy (non-hydrogen) atoms. The van der Waals surface area contributed by atoms with Gasteiger partial charge in [0, 0.05) is 3.57 Å². The van der Waals surface area contributed by atoms with Crippen molar-refractivity contribution in [2.75, 3.05) is 0 Å². The lowest BCUT2D eigenvalue weighted by Crippen LogP contribution is -2.16. The average Bonchev–Trinajstić information content (AvgIpc) is 2.16. The lowest BCUT2D eigenvalue weighted by molar-refractivity contribution is -0.138. The maximum Gasteiger partial charge on any atom is 0.314 e. The van der Waals surface area contributed by atoms with Crippen LogP contribution in [0.5, 0.6) is 5.75 Å². The summed E-state index contributed by atoms with van der Waals surface area (Å²) in [5.41, 5.74) is 0. The second-order valence-electron chi connectivity index (χ2n) is 3.19. The third-order valence-corrected chi connectivity index (χ3v) is 2.70. The number of esters is 1. The van der Waals surface area contributed by atoms with Crippen molar-refractivity contribution in [2.45, 2.75) is 20.3 Å². The molecule has 0 bridgehead atoms. The molecule has 3 heteroatoms. The van der Waals surface area contributed by atoms with Crippen LogP contribution < -0.4 is 4.74 Å². The molecule has 0 spiro atoms. The Morgan fingerprint density at radius 1 is 1.57 bits per heavy atom. The molecule has 0 saturated heterocycles. The smallest absolute Gasteiger partial charge is 0.314 e. The molecule has 0 radical (unpaired) electrons. The normalized spacial score (nSPS) is 12.2. The van der Waals surface area contributed by atoms with Crippen LogP contribution in [0.1, 0.15) is 20.3 Å². The Balaban J connectivity index is 2.65. The fourth-order valence-electron chi connectivity index (χ4n) is 0.914. The van der Waals surface area contributed by atoms with E-state index in [1.165, 1.54) is 0 Å². The lowest BCUT2D eigenvalue weighted by Gasteiger charge is -2.08. The van der Waals surface area contributed by atoms with Crippen molar-refractivity contribution in [3.05, 3.63) is 27.8 Å². The Morgan fingerprint density at radius 2 is 2.29 bits per heavy atom. The molecular formula is C11H13IO2. The van der Waals surface area contributed by atoms with Crippen molar-refractivity contribution in [3.8, 4) is 5.75 Å². The number of rotatable bonds is 3.